The number of aryl methyl sites for hydroxylation is 1. The highest BCUT2D eigenvalue weighted by atomic mass is 127. The third-order valence-corrected chi connectivity index (χ3v) is 4.05. The van der Waals surface area contributed by atoms with E-state index >= 15 is 0 Å². The molecule has 1 aromatic carbocycles. The lowest BCUT2D eigenvalue weighted by molar-refractivity contribution is 0.275. The van der Waals surface area contributed by atoms with Crippen molar-refractivity contribution in [1.82, 2.24) is 9.80 Å². The summed E-state index contributed by atoms with van der Waals surface area (Å²) in [4.78, 5) is 9.35. The predicted octanol–water partition coefficient (Wildman–Crippen LogP) is 2.37. The van der Waals surface area contributed by atoms with Gasteiger partial charge in [-0.15, -0.1) is 24.0 Å². The van der Waals surface area contributed by atoms with Gasteiger partial charge in [-0.2, -0.15) is 0 Å². The standard InChI is InChI=1S/C17H29N5.HI/c1-15-5-7-16(8-6-15)20-17(18)19-9-3-11-22-12-4-10-21(2)13-14-22;/h5-8H,3-4,9-14H2,1-2H3,(H3,18,19,20);1H. The van der Waals surface area contributed by atoms with Gasteiger partial charge >= 0.3 is 0 Å². The van der Waals surface area contributed by atoms with Crippen LogP contribution in [0.1, 0.15) is 18.4 Å². The van der Waals surface area contributed by atoms with E-state index in [2.05, 4.69) is 46.2 Å². The van der Waals surface area contributed by atoms with Gasteiger partial charge in [0.1, 0.15) is 0 Å². The number of halogens is 1. The predicted molar refractivity (Wildman–Crippen MR) is 110 cm³/mol. The summed E-state index contributed by atoms with van der Waals surface area (Å²) in [5.41, 5.74) is 8.15. The van der Waals surface area contributed by atoms with Gasteiger partial charge in [-0.05, 0) is 58.6 Å². The fourth-order valence-electron chi connectivity index (χ4n) is 2.64. The van der Waals surface area contributed by atoms with E-state index in [-0.39, 0.29) is 24.0 Å². The molecule has 6 heteroatoms. The number of benzene rings is 1. The third kappa shape index (κ3) is 7.99. The highest BCUT2D eigenvalue weighted by Crippen LogP contribution is 2.08. The third-order valence-electron chi connectivity index (χ3n) is 4.05. The van der Waals surface area contributed by atoms with Crippen LogP contribution in [0.2, 0.25) is 0 Å². The molecule has 0 atom stereocenters. The lowest BCUT2D eigenvalue weighted by Gasteiger charge is -2.19. The topological polar surface area (TPSA) is 56.9 Å². The summed E-state index contributed by atoms with van der Waals surface area (Å²) in [6, 6.07) is 8.16. The largest absolute Gasteiger partial charge is 0.370 e. The number of nitrogens with two attached hydrogens (primary N) is 1. The van der Waals surface area contributed by atoms with E-state index in [0.717, 1.165) is 31.7 Å². The molecule has 0 spiro atoms. The van der Waals surface area contributed by atoms with E-state index in [1.807, 2.05) is 12.1 Å². The van der Waals surface area contributed by atoms with Crippen molar-refractivity contribution < 1.29 is 0 Å². The van der Waals surface area contributed by atoms with Gasteiger partial charge in [0.05, 0.1) is 0 Å². The Morgan fingerprint density at radius 1 is 1.17 bits per heavy atom. The van der Waals surface area contributed by atoms with Gasteiger partial charge in [-0.1, -0.05) is 17.7 Å². The van der Waals surface area contributed by atoms with Crippen molar-refractivity contribution in [3.63, 3.8) is 0 Å². The van der Waals surface area contributed by atoms with Crippen LogP contribution in [0.4, 0.5) is 5.69 Å². The number of aliphatic imine (C=N–C) groups is 1. The second kappa shape index (κ2) is 10.8. The smallest absolute Gasteiger partial charge is 0.193 e. The molecule has 3 N–H and O–H groups in total. The van der Waals surface area contributed by atoms with Crippen molar-refractivity contribution in [3.05, 3.63) is 29.8 Å². The Kier molecular flexibility index (Phi) is 9.50. The zero-order valence-electron chi connectivity index (χ0n) is 14.3. The van der Waals surface area contributed by atoms with Crippen molar-refractivity contribution in [2.75, 3.05) is 51.6 Å². The molecule has 2 rings (SSSR count). The molecule has 1 fully saturated rings. The zero-order chi connectivity index (χ0) is 15.8. The van der Waals surface area contributed by atoms with Crippen LogP contribution in [0.5, 0.6) is 0 Å². The Labute approximate surface area is 157 Å². The van der Waals surface area contributed by atoms with Gasteiger partial charge in [0.25, 0.3) is 0 Å². The summed E-state index contributed by atoms with van der Waals surface area (Å²) in [7, 11) is 2.20. The monoisotopic (exact) mass is 431 g/mol. The van der Waals surface area contributed by atoms with Crippen LogP contribution in [0.3, 0.4) is 0 Å². The Balaban J connectivity index is 0.00000264. The number of rotatable bonds is 5. The van der Waals surface area contributed by atoms with E-state index < -0.39 is 0 Å². The zero-order valence-corrected chi connectivity index (χ0v) is 16.6. The van der Waals surface area contributed by atoms with Gasteiger partial charge < -0.3 is 20.9 Å². The normalized spacial score (nSPS) is 17.4. The lowest BCUT2D eigenvalue weighted by Crippen LogP contribution is -2.30. The Hall–Kier alpha value is -0.860. The molecule has 0 saturated carbocycles. The molecule has 1 aliphatic rings. The number of anilines is 1. The number of nitrogens with zero attached hydrogens (tertiary/aromatic N) is 3. The molecule has 0 aromatic heterocycles. The van der Waals surface area contributed by atoms with E-state index in [1.54, 1.807) is 0 Å². The minimum atomic E-state index is 0. The molecule has 1 heterocycles. The van der Waals surface area contributed by atoms with Crippen molar-refractivity contribution in [2.24, 2.45) is 10.7 Å². The second-order valence-corrected chi connectivity index (χ2v) is 6.11. The van der Waals surface area contributed by atoms with Crippen LogP contribution < -0.4 is 11.1 Å². The van der Waals surface area contributed by atoms with Crippen LogP contribution in [-0.2, 0) is 0 Å². The molecule has 1 aromatic rings. The van der Waals surface area contributed by atoms with Gasteiger partial charge in [0.2, 0.25) is 0 Å². The van der Waals surface area contributed by atoms with Gasteiger partial charge in [0.15, 0.2) is 5.96 Å². The van der Waals surface area contributed by atoms with E-state index in [9.17, 15) is 0 Å². The van der Waals surface area contributed by atoms with Crippen LogP contribution in [0, 0.1) is 6.92 Å². The van der Waals surface area contributed by atoms with Gasteiger partial charge in [0, 0.05) is 25.3 Å². The van der Waals surface area contributed by atoms with E-state index in [1.165, 1.54) is 31.6 Å². The average Bonchev–Trinajstić information content (AvgIpc) is 2.71. The van der Waals surface area contributed by atoms with Crippen molar-refractivity contribution in [1.29, 1.82) is 0 Å². The van der Waals surface area contributed by atoms with Crippen molar-refractivity contribution >= 4 is 35.6 Å². The van der Waals surface area contributed by atoms with Crippen LogP contribution in [0.25, 0.3) is 0 Å². The minimum Gasteiger partial charge on any atom is -0.370 e. The highest BCUT2D eigenvalue weighted by Gasteiger charge is 2.10. The summed E-state index contributed by atoms with van der Waals surface area (Å²) in [5, 5.41) is 3.13. The summed E-state index contributed by atoms with van der Waals surface area (Å²) < 4.78 is 0. The first-order valence-electron chi connectivity index (χ1n) is 8.18. The van der Waals surface area contributed by atoms with Crippen molar-refractivity contribution in [2.45, 2.75) is 19.8 Å². The molecule has 1 saturated heterocycles. The second-order valence-electron chi connectivity index (χ2n) is 6.11. The molecular formula is C17H30IN5. The first-order valence-corrected chi connectivity index (χ1v) is 8.18. The number of hydrogen-bond donors (Lipinski definition) is 2. The van der Waals surface area contributed by atoms with Crippen molar-refractivity contribution in [3.8, 4) is 0 Å². The first-order chi connectivity index (χ1) is 10.6. The van der Waals surface area contributed by atoms with Crippen LogP contribution in [-0.4, -0.2) is 62.1 Å². The molecule has 130 valence electrons. The maximum absolute atomic E-state index is 5.92. The lowest BCUT2D eigenvalue weighted by atomic mass is 10.2. The quantitative estimate of drug-likeness (QED) is 0.325. The Bertz CT molecular complexity index is 474. The maximum atomic E-state index is 5.92. The fourth-order valence-corrected chi connectivity index (χ4v) is 2.64. The van der Waals surface area contributed by atoms with Gasteiger partial charge in [-0.3, -0.25) is 4.99 Å². The first kappa shape index (κ1) is 20.2. The number of guanidine groups is 1. The van der Waals surface area contributed by atoms with Crippen LogP contribution in [0.15, 0.2) is 29.3 Å². The van der Waals surface area contributed by atoms with Crippen LogP contribution >= 0.6 is 24.0 Å². The Morgan fingerprint density at radius 3 is 2.65 bits per heavy atom. The Morgan fingerprint density at radius 2 is 1.91 bits per heavy atom. The molecule has 0 bridgehead atoms. The van der Waals surface area contributed by atoms with E-state index in [0.29, 0.717) is 5.96 Å². The molecule has 1 aliphatic heterocycles. The molecule has 0 radical (unpaired) electrons. The van der Waals surface area contributed by atoms with E-state index in [4.69, 9.17) is 5.73 Å². The summed E-state index contributed by atoms with van der Waals surface area (Å²) in [5.74, 6) is 0.499. The summed E-state index contributed by atoms with van der Waals surface area (Å²) >= 11 is 0. The number of nitrogens with one attached hydrogen (secondary N) is 1. The summed E-state index contributed by atoms with van der Waals surface area (Å²) in [6.07, 6.45) is 2.32. The molecule has 0 aliphatic carbocycles. The molecule has 0 amide bonds. The minimum absolute atomic E-state index is 0. The molecule has 23 heavy (non-hydrogen) atoms. The number of hydrogen-bond acceptors (Lipinski definition) is 3. The highest BCUT2D eigenvalue weighted by molar-refractivity contribution is 14.0. The molecule has 0 unspecified atom stereocenters. The van der Waals surface area contributed by atoms with Gasteiger partial charge in [-0.25, -0.2) is 0 Å². The fraction of sp³-hybridized carbons (Fsp3) is 0.588. The number of likely N-dealkylation sites (N-methyl/N-ethyl adjacent to an activating group) is 1. The molecular weight excluding hydrogens is 401 g/mol. The molecule has 5 nitrogen and oxygen atoms in total. The summed E-state index contributed by atoms with van der Waals surface area (Å²) in [6.45, 7) is 8.69. The average molecular weight is 431 g/mol. The maximum Gasteiger partial charge on any atom is 0.193 e. The SMILES string of the molecule is Cc1ccc(NC(N)=NCCCN2CCCN(C)CC2)cc1.I.